The van der Waals surface area contributed by atoms with Crippen LogP contribution in [0.2, 0.25) is 0 Å². The highest BCUT2D eigenvalue weighted by molar-refractivity contribution is 6.10. The predicted molar refractivity (Wildman–Crippen MR) is 60.0 cm³/mol. The van der Waals surface area contributed by atoms with Crippen LogP contribution in [0.15, 0.2) is 16.3 Å². The van der Waals surface area contributed by atoms with Crippen LogP contribution in [0.5, 0.6) is 0 Å². The monoisotopic (exact) mass is 240 g/mol. The second-order valence-electron chi connectivity index (χ2n) is 4.17. The lowest BCUT2D eigenvalue weighted by atomic mass is 9.87. The Morgan fingerprint density at radius 3 is 3.18 bits per heavy atom. The van der Waals surface area contributed by atoms with Crippen LogP contribution in [0.1, 0.15) is 13.3 Å². The fourth-order valence-corrected chi connectivity index (χ4v) is 2.19. The molecule has 94 valence electrons. The molecule has 0 aromatic heterocycles. The van der Waals surface area contributed by atoms with Gasteiger partial charge in [0.25, 0.3) is 0 Å². The maximum Gasteiger partial charge on any atom is 0.343 e. The zero-order valence-corrected chi connectivity index (χ0v) is 9.67. The molecule has 6 nitrogen and oxygen atoms in total. The van der Waals surface area contributed by atoms with E-state index in [4.69, 9.17) is 4.74 Å². The number of piperidine rings is 1. The number of hydrogen-bond acceptors (Lipinski definition) is 6. The van der Waals surface area contributed by atoms with E-state index in [1.807, 2.05) is 0 Å². The zero-order valence-electron chi connectivity index (χ0n) is 9.67. The summed E-state index contributed by atoms with van der Waals surface area (Å²) in [7, 11) is 0. The van der Waals surface area contributed by atoms with Gasteiger partial charge < -0.3 is 15.1 Å². The summed E-state index contributed by atoms with van der Waals surface area (Å²) >= 11 is 0. The van der Waals surface area contributed by atoms with Crippen molar-refractivity contribution in [3.63, 3.8) is 0 Å². The molecule has 2 unspecified atom stereocenters. The minimum atomic E-state index is -0.543. The van der Waals surface area contributed by atoms with Gasteiger partial charge in [-0.15, -0.1) is 0 Å². The molecule has 1 saturated heterocycles. The number of aliphatic hydroxyl groups excluding tert-OH is 1. The topological polar surface area (TPSA) is 82.4 Å². The van der Waals surface area contributed by atoms with Crippen molar-refractivity contribution in [2.45, 2.75) is 19.4 Å². The SMILES string of the molecule is CCOC(=O)C1=C(O)C2CCN(O)CC2N=C1. The molecule has 2 aliphatic heterocycles. The Morgan fingerprint density at radius 1 is 1.71 bits per heavy atom. The summed E-state index contributed by atoms with van der Waals surface area (Å²) in [6.45, 7) is 2.82. The Morgan fingerprint density at radius 2 is 2.47 bits per heavy atom. The van der Waals surface area contributed by atoms with E-state index >= 15 is 0 Å². The normalized spacial score (nSPS) is 29.1. The van der Waals surface area contributed by atoms with Crippen molar-refractivity contribution in [1.82, 2.24) is 5.06 Å². The molecule has 2 aliphatic rings. The van der Waals surface area contributed by atoms with E-state index in [9.17, 15) is 15.1 Å². The van der Waals surface area contributed by atoms with Crippen molar-refractivity contribution < 1.29 is 19.8 Å². The maximum atomic E-state index is 11.6. The number of carbonyl (C=O) groups excluding carboxylic acids is 1. The Kier molecular flexibility index (Phi) is 3.44. The van der Waals surface area contributed by atoms with Gasteiger partial charge in [0.2, 0.25) is 0 Å². The van der Waals surface area contributed by atoms with Crippen LogP contribution < -0.4 is 0 Å². The molecule has 2 rings (SSSR count). The van der Waals surface area contributed by atoms with E-state index in [1.54, 1.807) is 6.92 Å². The van der Waals surface area contributed by atoms with Gasteiger partial charge in [-0.3, -0.25) is 4.99 Å². The second-order valence-corrected chi connectivity index (χ2v) is 4.17. The molecule has 2 heterocycles. The van der Waals surface area contributed by atoms with E-state index in [-0.39, 0.29) is 29.9 Å². The summed E-state index contributed by atoms with van der Waals surface area (Å²) in [6, 6.07) is -0.188. The minimum absolute atomic E-state index is 0.0385. The fourth-order valence-electron chi connectivity index (χ4n) is 2.19. The summed E-state index contributed by atoms with van der Waals surface area (Å²) in [6.07, 6.45) is 1.92. The number of dihydropyridines is 1. The van der Waals surface area contributed by atoms with Crippen molar-refractivity contribution in [3.05, 3.63) is 11.3 Å². The maximum absolute atomic E-state index is 11.6. The molecule has 0 aromatic rings. The average Bonchev–Trinajstić information content (AvgIpc) is 2.29. The molecule has 1 fully saturated rings. The third-order valence-electron chi connectivity index (χ3n) is 3.08. The van der Waals surface area contributed by atoms with Gasteiger partial charge in [0, 0.05) is 25.2 Å². The first-order valence-electron chi connectivity index (χ1n) is 5.70. The Labute approximate surface area is 99.2 Å². The van der Waals surface area contributed by atoms with Crippen molar-refractivity contribution in [1.29, 1.82) is 0 Å². The van der Waals surface area contributed by atoms with Gasteiger partial charge in [-0.2, -0.15) is 5.06 Å². The third-order valence-corrected chi connectivity index (χ3v) is 3.08. The number of carbonyl (C=O) groups is 1. The number of aliphatic imine (C=N–C) groups is 1. The summed E-state index contributed by atoms with van der Waals surface area (Å²) in [5.41, 5.74) is 0.138. The van der Waals surface area contributed by atoms with E-state index in [2.05, 4.69) is 4.99 Å². The first-order valence-corrected chi connectivity index (χ1v) is 5.70. The van der Waals surface area contributed by atoms with Crippen LogP contribution in [0.25, 0.3) is 0 Å². The second kappa shape index (κ2) is 4.85. The van der Waals surface area contributed by atoms with Crippen LogP contribution in [-0.4, -0.2) is 53.3 Å². The smallest absolute Gasteiger partial charge is 0.343 e. The van der Waals surface area contributed by atoms with Gasteiger partial charge in [0.1, 0.15) is 11.3 Å². The van der Waals surface area contributed by atoms with Crippen LogP contribution in [-0.2, 0) is 9.53 Å². The number of aliphatic hydroxyl groups is 1. The van der Waals surface area contributed by atoms with Crippen molar-refractivity contribution >= 4 is 12.2 Å². The molecule has 2 N–H and O–H groups in total. The molecule has 17 heavy (non-hydrogen) atoms. The standard InChI is InChI=1S/C11H16N2O4/c1-2-17-11(15)8-5-12-9-6-13(16)4-3-7(9)10(8)14/h5,7,9,14,16H,2-4,6H2,1H3. The molecular formula is C11H16N2O4. The minimum Gasteiger partial charge on any atom is -0.511 e. The number of nitrogens with zero attached hydrogens (tertiary/aromatic N) is 2. The van der Waals surface area contributed by atoms with Gasteiger partial charge in [-0.1, -0.05) is 0 Å². The van der Waals surface area contributed by atoms with Gasteiger partial charge in [0.15, 0.2) is 0 Å². The number of ether oxygens (including phenoxy) is 1. The lowest BCUT2D eigenvalue weighted by Gasteiger charge is -2.35. The highest BCUT2D eigenvalue weighted by Gasteiger charge is 2.36. The number of rotatable bonds is 2. The number of fused-ring (bicyclic) bond motifs is 1. The van der Waals surface area contributed by atoms with Gasteiger partial charge in [0.05, 0.1) is 12.6 Å². The molecule has 0 spiro atoms. The van der Waals surface area contributed by atoms with Crippen LogP contribution in [0.3, 0.4) is 0 Å². The van der Waals surface area contributed by atoms with E-state index in [1.165, 1.54) is 11.3 Å². The van der Waals surface area contributed by atoms with Gasteiger partial charge in [-0.05, 0) is 13.3 Å². The summed E-state index contributed by atoms with van der Waals surface area (Å²) in [5.74, 6) is -0.696. The molecule has 0 aliphatic carbocycles. The molecule has 6 heteroatoms. The molecule has 2 atom stereocenters. The predicted octanol–water partition coefficient (Wildman–Crippen LogP) is 0.526. The first-order chi connectivity index (χ1) is 8.13. The largest absolute Gasteiger partial charge is 0.511 e. The van der Waals surface area contributed by atoms with Crippen molar-refractivity contribution in [3.8, 4) is 0 Å². The number of esters is 1. The fraction of sp³-hybridized carbons (Fsp3) is 0.636. The molecule has 0 aromatic carbocycles. The van der Waals surface area contributed by atoms with E-state index in [0.29, 0.717) is 19.5 Å². The highest BCUT2D eigenvalue weighted by atomic mass is 16.5. The highest BCUT2D eigenvalue weighted by Crippen LogP contribution is 2.30. The average molecular weight is 240 g/mol. The quantitative estimate of drug-likeness (QED) is 0.688. The van der Waals surface area contributed by atoms with Crippen LogP contribution in [0, 0.1) is 5.92 Å². The molecule has 0 radical (unpaired) electrons. The molecule has 0 amide bonds. The number of hydrogen-bond donors (Lipinski definition) is 2. The summed E-state index contributed by atoms with van der Waals surface area (Å²) < 4.78 is 4.84. The third kappa shape index (κ3) is 2.32. The first kappa shape index (κ1) is 12.1. The van der Waals surface area contributed by atoms with Crippen LogP contribution >= 0.6 is 0 Å². The number of hydroxylamine groups is 2. The van der Waals surface area contributed by atoms with Gasteiger partial charge in [-0.25, -0.2) is 4.79 Å². The van der Waals surface area contributed by atoms with Crippen molar-refractivity contribution in [2.75, 3.05) is 19.7 Å². The Balaban J connectivity index is 2.17. The summed E-state index contributed by atoms with van der Waals surface area (Å²) in [4.78, 5) is 15.7. The van der Waals surface area contributed by atoms with Crippen molar-refractivity contribution in [2.24, 2.45) is 10.9 Å². The molecular weight excluding hydrogens is 224 g/mol. The van der Waals surface area contributed by atoms with Gasteiger partial charge >= 0.3 is 5.97 Å². The molecule has 0 bridgehead atoms. The molecule has 0 saturated carbocycles. The van der Waals surface area contributed by atoms with E-state index in [0.717, 1.165) is 0 Å². The van der Waals surface area contributed by atoms with E-state index < -0.39 is 5.97 Å². The lowest BCUT2D eigenvalue weighted by molar-refractivity contribution is -0.138. The summed E-state index contributed by atoms with van der Waals surface area (Å²) in [5, 5.41) is 20.6. The zero-order chi connectivity index (χ0) is 12.4. The lowest BCUT2D eigenvalue weighted by Crippen LogP contribution is -2.44. The Bertz CT molecular complexity index is 378. The van der Waals surface area contributed by atoms with Crippen LogP contribution in [0.4, 0.5) is 0 Å². The Hall–Kier alpha value is -1.40.